The Balaban J connectivity index is 1.85. The van der Waals surface area contributed by atoms with Crippen LogP contribution in [-0.2, 0) is 11.0 Å². The van der Waals surface area contributed by atoms with Gasteiger partial charge >= 0.3 is 6.18 Å². The molecule has 132 valence electrons. The highest BCUT2D eigenvalue weighted by molar-refractivity contribution is 9.10. The largest absolute Gasteiger partial charge is 0.480 e. The van der Waals surface area contributed by atoms with E-state index in [1.807, 2.05) is 0 Å². The zero-order valence-electron chi connectivity index (χ0n) is 13.0. The summed E-state index contributed by atoms with van der Waals surface area (Å²) in [6, 6.07) is 8.05. The summed E-state index contributed by atoms with van der Waals surface area (Å²) in [5.41, 5.74) is 0.197. The number of aromatic nitrogens is 1. The van der Waals surface area contributed by atoms with Gasteiger partial charge in [-0.25, -0.2) is 4.98 Å². The fourth-order valence-corrected chi connectivity index (χ4v) is 2.72. The Morgan fingerprint density at radius 1 is 1.28 bits per heavy atom. The Labute approximate surface area is 150 Å². The Morgan fingerprint density at radius 2 is 2.08 bits per heavy atom. The number of ether oxygens (including phenoxy) is 1. The molecule has 0 bridgehead atoms. The van der Waals surface area contributed by atoms with Gasteiger partial charge in [-0.3, -0.25) is 0 Å². The molecular formula is C16H13BrF3N3O2. The highest BCUT2D eigenvalue weighted by Gasteiger charge is 2.31. The predicted molar refractivity (Wildman–Crippen MR) is 88.3 cm³/mol. The molecule has 2 heterocycles. The first-order valence-electron chi connectivity index (χ1n) is 7.23. The number of hydrogen-bond acceptors (Lipinski definition) is 5. The lowest BCUT2D eigenvalue weighted by molar-refractivity contribution is -0.137. The number of oxime groups is 1. The zero-order chi connectivity index (χ0) is 18.0. The third kappa shape index (κ3) is 3.87. The van der Waals surface area contributed by atoms with E-state index in [9.17, 15) is 13.2 Å². The Bertz CT molecular complexity index is 811. The molecule has 1 unspecified atom stereocenters. The quantitative estimate of drug-likeness (QED) is 0.825. The SMILES string of the molecule is COc1nc(C2=NOCC(c3cccc(C(F)(F)F)c3)N2)ccc1Br. The number of methoxy groups -OCH3 is 1. The molecule has 0 spiro atoms. The van der Waals surface area contributed by atoms with Crippen molar-refractivity contribution in [3.8, 4) is 5.88 Å². The second kappa shape index (κ2) is 6.91. The van der Waals surface area contributed by atoms with Gasteiger partial charge in [-0.05, 0) is 45.8 Å². The molecule has 0 saturated heterocycles. The third-order valence-electron chi connectivity index (χ3n) is 3.57. The van der Waals surface area contributed by atoms with Gasteiger partial charge in [-0.2, -0.15) is 13.2 Å². The number of pyridine rings is 1. The van der Waals surface area contributed by atoms with E-state index in [-0.39, 0.29) is 6.61 Å². The van der Waals surface area contributed by atoms with Crippen LogP contribution in [0.2, 0.25) is 0 Å². The van der Waals surface area contributed by atoms with Crippen LogP contribution in [0.1, 0.15) is 22.9 Å². The number of nitrogens with one attached hydrogen (secondary N) is 1. The molecule has 1 N–H and O–H groups in total. The average molecular weight is 416 g/mol. The van der Waals surface area contributed by atoms with Crippen LogP contribution in [0.15, 0.2) is 46.0 Å². The molecule has 3 rings (SSSR count). The smallest absolute Gasteiger partial charge is 0.416 e. The van der Waals surface area contributed by atoms with Crippen LogP contribution in [0.3, 0.4) is 0 Å². The van der Waals surface area contributed by atoms with Crippen molar-refractivity contribution in [3.05, 3.63) is 57.7 Å². The lowest BCUT2D eigenvalue weighted by Crippen LogP contribution is -2.36. The summed E-state index contributed by atoms with van der Waals surface area (Å²) in [5, 5.41) is 6.96. The number of amidine groups is 1. The summed E-state index contributed by atoms with van der Waals surface area (Å²) >= 11 is 3.30. The minimum atomic E-state index is -4.40. The maximum absolute atomic E-state index is 12.9. The van der Waals surface area contributed by atoms with Crippen LogP contribution in [0.4, 0.5) is 13.2 Å². The van der Waals surface area contributed by atoms with Crippen LogP contribution in [0.5, 0.6) is 5.88 Å². The predicted octanol–water partition coefficient (Wildman–Crippen LogP) is 3.89. The molecule has 1 aromatic carbocycles. The molecule has 5 nitrogen and oxygen atoms in total. The maximum atomic E-state index is 12.9. The van der Waals surface area contributed by atoms with Gasteiger partial charge in [0.1, 0.15) is 12.3 Å². The Morgan fingerprint density at radius 3 is 2.80 bits per heavy atom. The second-order valence-electron chi connectivity index (χ2n) is 5.24. The standard InChI is InChI=1S/C16H13BrF3N3O2/c1-24-15-11(17)5-6-12(22-15)14-21-13(8-25-23-14)9-3-2-4-10(7-9)16(18,19)20/h2-7,13H,8H2,1H3,(H,21,23). The summed E-state index contributed by atoms with van der Waals surface area (Å²) < 4.78 is 44.5. The number of alkyl halides is 3. The zero-order valence-corrected chi connectivity index (χ0v) is 14.6. The molecule has 9 heteroatoms. The van der Waals surface area contributed by atoms with Crippen LogP contribution in [0, 0.1) is 0 Å². The van der Waals surface area contributed by atoms with Crippen LogP contribution >= 0.6 is 15.9 Å². The van der Waals surface area contributed by atoms with E-state index in [4.69, 9.17) is 9.57 Å². The van der Waals surface area contributed by atoms with Crippen molar-refractivity contribution < 1.29 is 22.7 Å². The van der Waals surface area contributed by atoms with Crippen molar-refractivity contribution in [3.63, 3.8) is 0 Å². The van der Waals surface area contributed by atoms with E-state index in [2.05, 4.69) is 31.4 Å². The van der Waals surface area contributed by atoms with Gasteiger partial charge in [0.15, 0.2) is 5.84 Å². The molecule has 0 radical (unpaired) electrons. The molecular weight excluding hydrogens is 403 g/mol. The van der Waals surface area contributed by atoms with E-state index in [0.29, 0.717) is 27.4 Å². The molecule has 1 aliphatic rings. The summed E-state index contributed by atoms with van der Waals surface area (Å²) in [6.45, 7) is 0.110. The number of rotatable bonds is 3. The van der Waals surface area contributed by atoms with Crippen molar-refractivity contribution >= 4 is 21.8 Å². The van der Waals surface area contributed by atoms with Crippen molar-refractivity contribution in [1.29, 1.82) is 0 Å². The molecule has 1 aromatic heterocycles. The highest BCUT2D eigenvalue weighted by Crippen LogP contribution is 2.31. The second-order valence-corrected chi connectivity index (χ2v) is 6.10. The van der Waals surface area contributed by atoms with Gasteiger partial charge in [0.05, 0.1) is 23.2 Å². The molecule has 0 amide bonds. The number of halogens is 4. The third-order valence-corrected chi connectivity index (χ3v) is 4.18. The van der Waals surface area contributed by atoms with Crippen LogP contribution in [-0.4, -0.2) is 24.5 Å². The minimum Gasteiger partial charge on any atom is -0.480 e. The van der Waals surface area contributed by atoms with Crippen molar-refractivity contribution in [2.24, 2.45) is 5.16 Å². The fraction of sp³-hybridized carbons (Fsp3) is 0.250. The van der Waals surface area contributed by atoms with Gasteiger partial charge in [0.2, 0.25) is 5.88 Å². The van der Waals surface area contributed by atoms with Gasteiger partial charge in [0.25, 0.3) is 0 Å². The lowest BCUT2D eigenvalue weighted by atomic mass is 10.0. The van der Waals surface area contributed by atoms with Gasteiger partial charge < -0.3 is 14.9 Å². The first kappa shape index (κ1) is 17.5. The average Bonchev–Trinajstić information content (AvgIpc) is 2.61. The number of nitrogens with zero attached hydrogens (tertiary/aromatic N) is 2. The molecule has 0 fully saturated rings. The molecule has 2 aromatic rings. The fourth-order valence-electron chi connectivity index (χ4n) is 2.34. The normalized spacial score (nSPS) is 17.3. The number of benzene rings is 1. The van der Waals surface area contributed by atoms with Gasteiger partial charge in [0, 0.05) is 0 Å². The summed E-state index contributed by atoms with van der Waals surface area (Å²) in [6.07, 6.45) is -4.40. The van der Waals surface area contributed by atoms with E-state index in [0.717, 1.165) is 12.1 Å². The summed E-state index contributed by atoms with van der Waals surface area (Å²) in [4.78, 5) is 9.46. The van der Waals surface area contributed by atoms with Gasteiger partial charge in [-0.15, -0.1) is 0 Å². The minimum absolute atomic E-state index is 0.110. The monoisotopic (exact) mass is 415 g/mol. The molecule has 1 aliphatic heterocycles. The van der Waals surface area contributed by atoms with E-state index in [1.54, 1.807) is 18.2 Å². The van der Waals surface area contributed by atoms with Crippen molar-refractivity contribution in [2.75, 3.05) is 13.7 Å². The highest BCUT2D eigenvalue weighted by atomic mass is 79.9. The maximum Gasteiger partial charge on any atom is 0.416 e. The Hall–Kier alpha value is -2.29. The first-order chi connectivity index (χ1) is 11.9. The summed E-state index contributed by atoms with van der Waals surface area (Å²) in [5.74, 6) is 0.683. The van der Waals surface area contributed by atoms with Crippen LogP contribution in [0.25, 0.3) is 0 Å². The van der Waals surface area contributed by atoms with E-state index < -0.39 is 17.8 Å². The topological polar surface area (TPSA) is 55.7 Å². The molecule has 1 atom stereocenters. The summed E-state index contributed by atoms with van der Waals surface area (Å²) in [7, 11) is 1.48. The van der Waals surface area contributed by atoms with Crippen molar-refractivity contribution in [2.45, 2.75) is 12.2 Å². The molecule has 0 aliphatic carbocycles. The Kier molecular flexibility index (Phi) is 4.85. The molecule has 25 heavy (non-hydrogen) atoms. The molecule has 0 saturated carbocycles. The lowest BCUT2D eigenvalue weighted by Gasteiger charge is -2.24. The van der Waals surface area contributed by atoms with E-state index >= 15 is 0 Å². The van der Waals surface area contributed by atoms with Crippen LogP contribution < -0.4 is 10.1 Å². The number of hydrogen-bond donors (Lipinski definition) is 1. The van der Waals surface area contributed by atoms with E-state index in [1.165, 1.54) is 13.2 Å². The first-order valence-corrected chi connectivity index (χ1v) is 8.02. The van der Waals surface area contributed by atoms with Crippen molar-refractivity contribution in [1.82, 2.24) is 10.3 Å². The van der Waals surface area contributed by atoms with Gasteiger partial charge in [-0.1, -0.05) is 17.3 Å².